The summed E-state index contributed by atoms with van der Waals surface area (Å²) in [5, 5.41) is 3.40. The Morgan fingerprint density at radius 3 is 2.94 bits per heavy atom. The number of hydrogen-bond donors (Lipinski definition) is 1. The van der Waals surface area contributed by atoms with Gasteiger partial charge in [0.2, 0.25) is 0 Å². The molecule has 1 N–H and O–H groups in total. The van der Waals surface area contributed by atoms with Gasteiger partial charge in [0.05, 0.1) is 12.3 Å². The number of furan rings is 1. The predicted molar refractivity (Wildman–Crippen MR) is 63.1 cm³/mol. The van der Waals surface area contributed by atoms with Gasteiger partial charge in [-0.15, -0.1) is 0 Å². The van der Waals surface area contributed by atoms with E-state index in [1.54, 1.807) is 6.26 Å². The van der Waals surface area contributed by atoms with Crippen LogP contribution in [0.2, 0.25) is 0 Å². The molecule has 0 saturated carbocycles. The molecular weight excluding hydrogens is 200 g/mol. The smallest absolute Gasteiger partial charge is 0.120 e. The summed E-state index contributed by atoms with van der Waals surface area (Å²) in [7, 11) is 0. The average Bonchev–Trinajstić information content (AvgIpc) is 2.84. The SMILES string of the molecule is CC(NCCc1ccccn1)c1ccco1. The average molecular weight is 216 g/mol. The summed E-state index contributed by atoms with van der Waals surface area (Å²) in [5.41, 5.74) is 1.11. The lowest BCUT2D eigenvalue weighted by Gasteiger charge is -2.10. The van der Waals surface area contributed by atoms with Crippen LogP contribution >= 0.6 is 0 Å². The number of aromatic nitrogens is 1. The van der Waals surface area contributed by atoms with E-state index in [0.717, 1.165) is 24.4 Å². The van der Waals surface area contributed by atoms with Crippen LogP contribution in [0.5, 0.6) is 0 Å². The Morgan fingerprint density at radius 2 is 2.25 bits per heavy atom. The van der Waals surface area contributed by atoms with E-state index in [-0.39, 0.29) is 6.04 Å². The number of nitrogens with one attached hydrogen (secondary N) is 1. The molecule has 2 aromatic rings. The fraction of sp³-hybridized carbons (Fsp3) is 0.308. The molecule has 0 spiro atoms. The highest BCUT2D eigenvalue weighted by Gasteiger charge is 2.06. The molecule has 0 aromatic carbocycles. The zero-order valence-electron chi connectivity index (χ0n) is 9.39. The van der Waals surface area contributed by atoms with Crippen LogP contribution in [-0.4, -0.2) is 11.5 Å². The quantitative estimate of drug-likeness (QED) is 0.834. The monoisotopic (exact) mass is 216 g/mol. The Bertz CT molecular complexity index is 397. The largest absolute Gasteiger partial charge is 0.468 e. The lowest BCUT2D eigenvalue weighted by atomic mass is 10.2. The molecule has 0 fully saturated rings. The maximum absolute atomic E-state index is 5.32. The number of pyridine rings is 1. The van der Waals surface area contributed by atoms with Crippen molar-refractivity contribution in [1.82, 2.24) is 10.3 Å². The van der Waals surface area contributed by atoms with Gasteiger partial charge in [0.15, 0.2) is 0 Å². The van der Waals surface area contributed by atoms with Crippen molar-refractivity contribution in [2.24, 2.45) is 0 Å². The molecule has 0 bridgehead atoms. The van der Waals surface area contributed by atoms with Crippen molar-refractivity contribution in [2.45, 2.75) is 19.4 Å². The predicted octanol–water partition coefficient (Wildman–Crippen LogP) is 2.57. The van der Waals surface area contributed by atoms with Gasteiger partial charge in [-0.25, -0.2) is 0 Å². The van der Waals surface area contributed by atoms with Crippen LogP contribution in [-0.2, 0) is 6.42 Å². The van der Waals surface area contributed by atoms with E-state index in [9.17, 15) is 0 Å². The second-order valence-electron chi connectivity index (χ2n) is 3.76. The summed E-state index contributed by atoms with van der Waals surface area (Å²) in [4.78, 5) is 4.27. The molecule has 84 valence electrons. The summed E-state index contributed by atoms with van der Waals surface area (Å²) in [6, 6.07) is 10.1. The van der Waals surface area contributed by atoms with E-state index >= 15 is 0 Å². The summed E-state index contributed by atoms with van der Waals surface area (Å²) in [5.74, 6) is 0.973. The van der Waals surface area contributed by atoms with E-state index in [1.807, 2.05) is 36.5 Å². The highest BCUT2D eigenvalue weighted by atomic mass is 16.3. The molecule has 0 aliphatic rings. The van der Waals surface area contributed by atoms with E-state index in [2.05, 4.69) is 17.2 Å². The van der Waals surface area contributed by atoms with Crippen molar-refractivity contribution in [3.63, 3.8) is 0 Å². The van der Waals surface area contributed by atoms with E-state index in [4.69, 9.17) is 4.42 Å². The van der Waals surface area contributed by atoms with Gasteiger partial charge in [-0.3, -0.25) is 4.98 Å². The Morgan fingerprint density at radius 1 is 1.31 bits per heavy atom. The van der Waals surface area contributed by atoms with Crippen molar-refractivity contribution in [3.05, 3.63) is 54.2 Å². The molecule has 16 heavy (non-hydrogen) atoms. The number of hydrogen-bond acceptors (Lipinski definition) is 3. The minimum Gasteiger partial charge on any atom is -0.468 e. The summed E-state index contributed by atoms with van der Waals surface area (Å²) < 4.78 is 5.32. The maximum atomic E-state index is 5.32. The van der Waals surface area contributed by atoms with Gasteiger partial charge in [0.1, 0.15) is 5.76 Å². The molecule has 0 aliphatic carbocycles. The highest BCUT2D eigenvalue weighted by Crippen LogP contribution is 2.11. The maximum Gasteiger partial charge on any atom is 0.120 e. The Balaban J connectivity index is 1.76. The minimum atomic E-state index is 0.249. The van der Waals surface area contributed by atoms with Crippen LogP contribution in [0.1, 0.15) is 24.4 Å². The van der Waals surface area contributed by atoms with Gasteiger partial charge >= 0.3 is 0 Å². The van der Waals surface area contributed by atoms with Crippen LogP contribution in [0, 0.1) is 0 Å². The lowest BCUT2D eigenvalue weighted by molar-refractivity contribution is 0.432. The zero-order valence-corrected chi connectivity index (χ0v) is 9.39. The van der Waals surface area contributed by atoms with Crippen LogP contribution in [0.4, 0.5) is 0 Å². The molecule has 1 unspecified atom stereocenters. The first-order valence-electron chi connectivity index (χ1n) is 5.53. The second kappa shape index (κ2) is 5.47. The van der Waals surface area contributed by atoms with Crippen LogP contribution in [0.25, 0.3) is 0 Å². The molecular formula is C13H16N2O. The molecule has 3 nitrogen and oxygen atoms in total. The number of rotatable bonds is 5. The van der Waals surface area contributed by atoms with Crippen molar-refractivity contribution in [3.8, 4) is 0 Å². The highest BCUT2D eigenvalue weighted by molar-refractivity contribution is 5.05. The normalized spacial score (nSPS) is 12.6. The van der Waals surface area contributed by atoms with Crippen molar-refractivity contribution >= 4 is 0 Å². The van der Waals surface area contributed by atoms with Gasteiger partial charge in [-0.1, -0.05) is 6.07 Å². The fourth-order valence-corrected chi connectivity index (χ4v) is 1.60. The van der Waals surface area contributed by atoms with Crippen molar-refractivity contribution in [1.29, 1.82) is 0 Å². The van der Waals surface area contributed by atoms with Crippen LogP contribution in [0.3, 0.4) is 0 Å². The summed E-state index contributed by atoms with van der Waals surface area (Å²) >= 11 is 0. The Labute approximate surface area is 95.5 Å². The molecule has 2 rings (SSSR count). The Hall–Kier alpha value is -1.61. The second-order valence-corrected chi connectivity index (χ2v) is 3.76. The first-order valence-corrected chi connectivity index (χ1v) is 5.53. The third kappa shape index (κ3) is 2.94. The molecule has 1 atom stereocenters. The summed E-state index contributed by atoms with van der Waals surface area (Å²) in [6.07, 6.45) is 4.46. The molecule has 0 radical (unpaired) electrons. The molecule has 0 saturated heterocycles. The molecule has 0 aliphatic heterocycles. The first kappa shape index (κ1) is 10.9. The van der Waals surface area contributed by atoms with E-state index in [0.29, 0.717) is 0 Å². The summed E-state index contributed by atoms with van der Waals surface area (Å²) in [6.45, 7) is 3.00. The fourth-order valence-electron chi connectivity index (χ4n) is 1.60. The van der Waals surface area contributed by atoms with Crippen molar-refractivity contribution in [2.75, 3.05) is 6.54 Å². The molecule has 0 amide bonds. The van der Waals surface area contributed by atoms with Gasteiger partial charge in [-0.2, -0.15) is 0 Å². The van der Waals surface area contributed by atoms with Crippen molar-refractivity contribution < 1.29 is 4.42 Å². The minimum absolute atomic E-state index is 0.249. The molecule has 3 heteroatoms. The Kier molecular flexibility index (Phi) is 3.72. The first-order chi connectivity index (χ1) is 7.86. The van der Waals surface area contributed by atoms with Crippen LogP contribution < -0.4 is 5.32 Å². The van der Waals surface area contributed by atoms with Gasteiger partial charge in [-0.05, 0) is 31.2 Å². The standard InChI is InChI=1S/C13H16N2O/c1-11(13-6-4-10-16-13)14-9-7-12-5-2-3-8-15-12/h2-6,8,10-11,14H,7,9H2,1H3. The topological polar surface area (TPSA) is 38.1 Å². The lowest BCUT2D eigenvalue weighted by Crippen LogP contribution is -2.21. The van der Waals surface area contributed by atoms with Gasteiger partial charge in [0.25, 0.3) is 0 Å². The number of nitrogens with zero attached hydrogens (tertiary/aromatic N) is 1. The zero-order chi connectivity index (χ0) is 11.2. The van der Waals surface area contributed by atoms with E-state index in [1.165, 1.54) is 0 Å². The van der Waals surface area contributed by atoms with E-state index < -0.39 is 0 Å². The third-order valence-electron chi connectivity index (χ3n) is 2.53. The van der Waals surface area contributed by atoms with Gasteiger partial charge < -0.3 is 9.73 Å². The third-order valence-corrected chi connectivity index (χ3v) is 2.53. The molecule has 2 heterocycles. The molecule has 2 aromatic heterocycles. The van der Waals surface area contributed by atoms with Gasteiger partial charge in [0, 0.05) is 24.9 Å². The van der Waals surface area contributed by atoms with Crippen LogP contribution in [0.15, 0.2) is 47.2 Å².